The highest BCUT2D eigenvalue weighted by Gasteiger charge is 2.47. The lowest BCUT2D eigenvalue weighted by molar-refractivity contribution is -0.662. The summed E-state index contributed by atoms with van der Waals surface area (Å²) in [4.78, 5) is 11.7. The van der Waals surface area contributed by atoms with Crippen LogP contribution in [0.2, 0.25) is 0 Å². The van der Waals surface area contributed by atoms with Gasteiger partial charge in [-0.05, 0) is 43.3 Å². The first-order valence-electron chi connectivity index (χ1n) is 20.7. The van der Waals surface area contributed by atoms with Gasteiger partial charge in [0.15, 0.2) is 18.5 Å². The summed E-state index contributed by atoms with van der Waals surface area (Å²) in [6.07, 6.45) is -53.0. The van der Waals surface area contributed by atoms with Crippen molar-refractivity contribution >= 4 is 44.7 Å². The second-order valence-electron chi connectivity index (χ2n) is 16.6. The number of nitriles is 2. The summed E-state index contributed by atoms with van der Waals surface area (Å²) in [5.74, 6) is -0.261. The number of pyridine rings is 1. The predicted molar refractivity (Wildman–Crippen MR) is 223 cm³/mol. The fraction of sp³-hybridized carbons (Fsp3) is 0.208. The van der Waals surface area contributed by atoms with Crippen LogP contribution in [-0.2, 0) is 60.7 Å². The number of alkyl halides is 24. The number of halogens is 24. The van der Waals surface area contributed by atoms with Crippen molar-refractivity contribution in [3.63, 3.8) is 0 Å². The van der Waals surface area contributed by atoms with Crippen LogP contribution in [0.4, 0.5) is 105 Å². The van der Waals surface area contributed by atoms with Crippen molar-refractivity contribution < 1.29 is 115 Å². The van der Waals surface area contributed by atoms with E-state index in [1.165, 1.54) is 6.92 Å². The maximum absolute atomic E-state index is 14.2. The number of allylic oxidation sites excluding steroid dienone is 2. The predicted octanol–water partition coefficient (Wildman–Crippen LogP) is 13.3. The number of para-hydroxylation sites is 1. The molecule has 1 aromatic heterocycles. The first kappa shape index (κ1) is 60.2. The van der Waals surface area contributed by atoms with Crippen LogP contribution in [0.15, 0.2) is 127 Å². The van der Waals surface area contributed by atoms with E-state index in [1.807, 2.05) is 47.2 Å². The van der Waals surface area contributed by atoms with E-state index in [4.69, 9.17) is 10.5 Å². The third-order valence-electron chi connectivity index (χ3n) is 11.5. The Morgan fingerprint density at radius 2 is 0.662 bits per heavy atom. The molecule has 0 N–H and O–H groups in total. The van der Waals surface area contributed by atoms with E-state index >= 15 is 0 Å². The monoisotopic (exact) mass is 1130 g/mol. The van der Waals surface area contributed by atoms with Crippen molar-refractivity contribution in [3.8, 4) is 12.1 Å². The number of ketones is 1. The Hall–Kier alpha value is -7.72. The topological polar surface area (TPSA) is 68.5 Å². The number of rotatable bonds is 7. The molecule has 6 aromatic rings. The summed E-state index contributed by atoms with van der Waals surface area (Å²) in [6.45, 7) is 1.59. The van der Waals surface area contributed by atoms with Crippen LogP contribution in [0.1, 0.15) is 51.4 Å². The van der Waals surface area contributed by atoms with Gasteiger partial charge in [0, 0.05) is 17.5 Å². The highest BCUT2D eigenvalue weighted by molar-refractivity contribution is 7.20. The average molecular weight is 1130 g/mol. The van der Waals surface area contributed by atoms with E-state index in [9.17, 15) is 110 Å². The molecule has 0 bridgehead atoms. The second kappa shape index (κ2) is 20.7. The van der Waals surface area contributed by atoms with Crippen LogP contribution in [0.3, 0.4) is 0 Å². The number of nitrogens with zero attached hydrogens (tertiary/aromatic N) is 3. The van der Waals surface area contributed by atoms with Gasteiger partial charge in [0.1, 0.15) is 23.9 Å². The third-order valence-corrected chi connectivity index (χ3v) is 11.5. The molecule has 77 heavy (non-hydrogen) atoms. The minimum atomic E-state index is -6.13. The molecule has 29 heteroatoms. The Labute approximate surface area is 415 Å². The van der Waals surface area contributed by atoms with Crippen molar-refractivity contribution in [1.82, 2.24) is 0 Å². The Morgan fingerprint density at radius 1 is 0.416 bits per heavy atom. The van der Waals surface area contributed by atoms with Crippen LogP contribution in [0.5, 0.6) is 0 Å². The number of Topliss-reactive ketones (excluding diaryl/α,β-unsaturated/α-hetero) is 1. The molecule has 0 saturated carbocycles. The summed E-state index contributed by atoms with van der Waals surface area (Å²) in [5.41, 5.74) is -29.2. The molecular weight excluding hydrogens is 1100 g/mol. The average Bonchev–Trinajstić information content (AvgIpc) is 3.29. The number of hydrogen-bond acceptors (Lipinski definition) is 3. The van der Waals surface area contributed by atoms with Crippen molar-refractivity contribution in [1.29, 1.82) is 10.5 Å². The maximum atomic E-state index is 14.2. The number of carbonyl (C=O) groups is 1. The lowest BCUT2D eigenvalue weighted by Gasteiger charge is -2.46. The SMILES string of the molecule is CC(=O)C(C[n+]1cccc2ccccc21)=C(C#N)C#N.FC(F)(F)c1cc([B-](c2cc(C(F)(F)F)cc(C(F)(F)F)c2)(c2cc(C(F)(F)F)cc(C(F)(F)F)c2)c2cc(C(F)(F)F)cc(C(F)(F)F)c2)cc(C(F)(F)F)c1. The quantitative estimate of drug-likeness (QED) is 0.0526. The molecule has 0 radical (unpaired) electrons. The molecular formula is C48H24BF24N3O. The van der Waals surface area contributed by atoms with E-state index in [2.05, 4.69) is 0 Å². The van der Waals surface area contributed by atoms with Gasteiger partial charge in [-0.15, -0.1) is 0 Å². The van der Waals surface area contributed by atoms with Gasteiger partial charge in [-0.2, -0.15) is 142 Å². The zero-order chi connectivity index (χ0) is 58.4. The van der Waals surface area contributed by atoms with Crippen molar-refractivity contribution in [3.05, 3.63) is 171 Å². The molecule has 0 fully saturated rings. The first-order chi connectivity index (χ1) is 34.9. The van der Waals surface area contributed by atoms with Crippen LogP contribution >= 0.6 is 0 Å². The standard InChI is InChI=1S/C32H12BF24.C16H12N3O/c34-25(35,36)13-1-14(26(37,38)39)6-21(5-13)33(22-7-15(27(40,41)42)2-16(8-22)28(43,44)45,23-9-17(29(46,47)48)3-18(10-23)30(49,50)51)24-11-19(31(52,53)54)4-20(12-24)32(55,56)57;1-12(20)15(14(9-17)10-18)11-19-8-4-6-13-5-2-3-7-16(13)19/h1-12H;2-8H,11H2,1H3/q-1;+1. The zero-order valence-corrected chi connectivity index (χ0v) is 37.6. The summed E-state index contributed by atoms with van der Waals surface area (Å²) < 4.78 is 343. The lowest BCUT2D eigenvalue weighted by Crippen LogP contribution is -2.75. The molecule has 408 valence electrons. The number of hydrogen-bond donors (Lipinski definition) is 0. The fourth-order valence-corrected chi connectivity index (χ4v) is 8.13. The van der Waals surface area contributed by atoms with Gasteiger partial charge in [-0.3, -0.25) is 4.79 Å². The van der Waals surface area contributed by atoms with Crippen LogP contribution in [-0.4, -0.2) is 11.9 Å². The second-order valence-corrected chi connectivity index (χ2v) is 16.6. The summed E-state index contributed by atoms with van der Waals surface area (Å²) in [5, 5.41) is 18.9. The van der Waals surface area contributed by atoms with Crippen molar-refractivity contribution in [2.24, 2.45) is 0 Å². The maximum Gasteiger partial charge on any atom is 0.416 e. The van der Waals surface area contributed by atoms with Gasteiger partial charge < -0.3 is 0 Å². The number of fused-ring (bicyclic) bond motifs is 1. The molecule has 0 atom stereocenters. The molecule has 5 aromatic carbocycles. The van der Waals surface area contributed by atoms with Gasteiger partial charge in [-0.1, -0.05) is 60.7 Å². The van der Waals surface area contributed by atoms with E-state index in [0.29, 0.717) is 0 Å². The minimum absolute atomic E-state index is 0.127. The van der Waals surface area contributed by atoms with Crippen LogP contribution in [0.25, 0.3) is 10.9 Å². The van der Waals surface area contributed by atoms with E-state index in [0.717, 1.165) is 10.9 Å². The highest BCUT2D eigenvalue weighted by atomic mass is 19.4. The van der Waals surface area contributed by atoms with Gasteiger partial charge >= 0.3 is 49.4 Å². The van der Waals surface area contributed by atoms with Gasteiger partial charge in [0.05, 0.1) is 50.1 Å². The third kappa shape index (κ3) is 13.5. The molecule has 0 unspecified atom stereocenters. The molecule has 6 rings (SSSR count). The summed E-state index contributed by atoms with van der Waals surface area (Å²) in [7, 11) is 0. The molecule has 0 aliphatic heterocycles. The molecule has 0 spiro atoms. The normalized spacial score (nSPS) is 13.1. The van der Waals surface area contributed by atoms with E-state index in [-0.39, 0.29) is 23.5 Å². The molecule has 0 aliphatic carbocycles. The summed E-state index contributed by atoms with van der Waals surface area (Å²) in [6, 6.07) is 6.36. The smallest absolute Gasteiger partial charge is 0.295 e. The summed E-state index contributed by atoms with van der Waals surface area (Å²) >= 11 is 0. The van der Waals surface area contributed by atoms with Gasteiger partial charge in [0.25, 0.3) is 0 Å². The largest absolute Gasteiger partial charge is 0.416 e. The number of benzene rings is 5. The van der Waals surface area contributed by atoms with Crippen molar-refractivity contribution in [2.45, 2.75) is 62.9 Å². The highest BCUT2D eigenvalue weighted by Crippen LogP contribution is 2.41. The van der Waals surface area contributed by atoms with Crippen LogP contribution in [0, 0.1) is 22.7 Å². The van der Waals surface area contributed by atoms with E-state index < -0.39 is 195 Å². The number of carbonyl (C=O) groups excluding carboxylic acids is 1. The Kier molecular flexibility index (Phi) is 16.2. The lowest BCUT2D eigenvalue weighted by atomic mass is 9.12. The van der Waals surface area contributed by atoms with E-state index in [1.54, 1.807) is 12.1 Å². The molecule has 1 heterocycles. The fourth-order valence-electron chi connectivity index (χ4n) is 8.13. The number of aromatic nitrogens is 1. The minimum Gasteiger partial charge on any atom is -0.295 e. The zero-order valence-electron chi connectivity index (χ0n) is 37.6. The van der Waals surface area contributed by atoms with Crippen LogP contribution < -0.4 is 26.4 Å². The Morgan fingerprint density at radius 3 is 0.896 bits per heavy atom. The molecule has 0 aliphatic rings. The molecule has 0 saturated heterocycles. The first-order valence-corrected chi connectivity index (χ1v) is 20.7. The molecule has 0 amide bonds. The Bertz CT molecular complexity index is 2880. The molecule has 4 nitrogen and oxygen atoms in total. The van der Waals surface area contributed by atoms with Gasteiger partial charge in [0.2, 0.25) is 5.52 Å². The van der Waals surface area contributed by atoms with Gasteiger partial charge in [-0.25, -0.2) is 0 Å². The van der Waals surface area contributed by atoms with Crippen molar-refractivity contribution in [2.75, 3.05) is 0 Å². The Balaban J connectivity index is 0.000000455.